The molecule has 0 fully saturated rings. The summed E-state index contributed by atoms with van der Waals surface area (Å²) in [6.07, 6.45) is 2.02. The van der Waals surface area contributed by atoms with E-state index in [2.05, 4.69) is 40.1 Å². The molecule has 12 heavy (non-hydrogen) atoms. The standard InChI is InChI=1S/C9H9BrN2/c1-6-3-7-5-12(2)11-9(7)8(10)4-6/h3-5H,1-2H3. The Hall–Kier alpha value is -0.830. The fraction of sp³-hybridized carbons (Fsp3) is 0.222. The summed E-state index contributed by atoms with van der Waals surface area (Å²) in [6, 6.07) is 4.21. The van der Waals surface area contributed by atoms with Crippen LogP contribution in [0.15, 0.2) is 22.8 Å². The van der Waals surface area contributed by atoms with Crippen LogP contribution in [0.3, 0.4) is 0 Å². The summed E-state index contributed by atoms with van der Waals surface area (Å²) in [5.41, 5.74) is 2.28. The molecule has 2 aromatic rings. The lowest BCUT2D eigenvalue weighted by Crippen LogP contribution is -1.85. The first-order valence-corrected chi connectivity index (χ1v) is 4.55. The summed E-state index contributed by atoms with van der Waals surface area (Å²) in [5, 5.41) is 5.51. The van der Waals surface area contributed by atoms with Crippen molar-refractivity contribution in [2.75, 3.05) is 0 Å². The van der Waals surface area contributed by atoms with Gasteiger partial charge >= 0.3 is 0 Å². The van der Waals surface area contributed by atoms with Gasteiger partial charge in [0.1, 0.15) is 5.52 Å². The molecule has 0 aliphatic heterocycles. The Morgan fingerprint density at radius 3 is 2.92 bits per heavy atom. The second-order valence-corrected chi connectivity index (χ2v) is 3.84. The van der Waals surface area contributed by atoms with Crippen LogP contribution in [0, 0.1) is 6.92 Å². The minimum Gasteiger partial charge on any atom is -0.275 e. The Labute approximate surface area is 79.3 Å². The topological polar surface area (TPSA) is 17.8 Å². The molecule has 0 saturated heterocycles. The highest BCUT2D eigenvalue weighted by atomic mass is 79.9. The number of fused-ring (bicyclic) bond motifs is 1. The van der Waals surface area contributed by atoms with E-state index in [0.717, 1.165) is 9.99 Å². The van der Waals surface area contributed by atoms with Gasteiger partial charge in [-0.2, -0.15) is 5.10 Å². The van der Waals surface area contributed by atoms with Crippen molar-refractivity contribution in [3.05, 3.63) is 28.4 Å². The van der Waals surface area contributed by atoms with E-state index in [4.69, 9.17) is 0 Å². The molecule has 62 valence electrons. The summed E-state index contributed by atoms with van der Waals surface area (Å²) < 4.78 is 2.90. The Morgan fingerprint density at radius 2 is 2.17 bits per heavy atom. The molecule has 0 atom stereocenters. The summed E-state index contributed by atoms with van der Waals surface area (Å²) in [6.45, 7) is 2.08. The van der Waals surface area contributed by atoms with Crippen molar-refractivity contribution in [3.8, 4) is 0 Å². The summed E-state index contributed by atoms with van der Waals surface area (Å²) in [4.78, 5) is 0. The molecule has 0 amide bonds. The van der Waals surface area contributed by atoms with Crippen molar-refractivity contribution in [2.24, 2.45) is 7.05 Å². The molecule has 0 aliphatic rings. The van der Waals surface area contributed by atoms with Crippen LogP contribution < -0.4 is 0 Å². The van der Waals surface area contributed by atoms with Crippen molar-refractivity contribution in [3.63, 3.8) is 0 Å². The average Bonchev–Trinajstić information content (AvgIpc) is 2.29. The van der Waals surface area contributed by atoms with Crippen molar-refractivity contribution in [2.45, 2.75) is 6.92 Å². The number of rotatable bonds is 0. The largest absolute Gasteiger partial charge is 0.275 e. The lowest BCUT2D eigenvalue weighted by Gasteiger charge is -1.94. The van der Waals surface area contributed by atoms with Gasteiger partial charge in [-0.25, -0.2) is 0 Å². The smallest absolute Gasteiger partial charge is 0.106 e. The number of aromatic nitrogens is 2. The molecule has 0 unspecified atom stereocenters. The molecule has 0 saturated carbocycles. The first-order valence-electron chi connectivity index (χ1n) is 3.76. The molecular formula is C9H9BrN2. The Morgan fingerprint density at radius 1 is 1.42 bits per heavy atom. The van der Waals surface area contributed by atoms with Gasteiger partial charge in [0.15, 0.2) is 0 Å². The van der Waals surface area contributed by atoms with Crippen LogP contribution >= 0.6 is 15.9 Å². The second-order valence-electron chi connectivity index (χ2n) is 2.99. The highest BCUT2D eigenvalue weighted by Crippen LogP contribution is 2.23. The van der Waals surface area contributed by atoms with Crippen LogP contribution in [0.25, 0.3) is 10.9 Å². The van der Waals surface area contributed by atoms with E-state index in [1.807, 2.05) is 17.9 Å². The Bertz CT molecular complexity index is 431. The normalized spacial score (nSPS) is 10.9. The minimum absolute atomic E-state index is 1.03. The van der Waals surface area contributed by atoms with Crippen molar-refractivity contribution >= 4 is 26.8 Å². The summed E-state index contributed by atoms with van der Waals surface area (Å²) in [5.74, 6) is 0. The van der Waals surface area contributed by atoms with E-state index in [9.17, 15) is 0 Å². The number of hydrogen-bond acceptors (Lipinski definition) is 1. The molecule has 0 bridgehead atoms. The van der Waals surface area contributed by atoms with Crippen LogP contribution in [0.2, 0.25) is 0 Å². The molecule has 0 radical (unpaired) electrons. The molecule has 1 aromatic carbocycles. The molecule has 3 heteroatoms. The van der Waals surface area contributed by atoms with Crippen LogP contribution in [-0.2, 0) is 7.05 Å². The van der Waals surface area contributed by atoms with Gasteiger partial charge in [0.25, 0.3) is 0 Å². The lowest BCUT2D eigenvalue weighted by molar-refractivity contribution is 0.779. The first kappa shape index (κ1) is 7.80. The van der Waals surface area contributed by atoms with E-state index < -0.39 is 0 Å². The van der Waals surface area contributed by atoms with E-state index >= 15 is 0 Å². The minimum atomic E-state index is 1.03. The zero-order chi connectivity index (χ0) is 8.72. The molecule has 2 rings (SSSR count). The van der Waals surface area contributed by atoms with Gasteiger partial charge in [0.2, 0.25) is 0 Å². The zero-order valence-electron chi connectivity index (χ0n) is 7.00. The van der Waals surface area contributed by atoms with Gasteiger partial charge < -0.3 is 0 Å². The third-order valence-electron chi connectivity index (χ3n) is 1.82. The molecular weight excluding hydrogens is 216 g/mol. The predicted octanol–water partition coefficient (Wildman–Crippen LogP) is 2.64. The molecule has 1 aromatic heterocycles. The fourth-order valence-corrected chi connectivity index (χ4v) is 2.02. The zero-order valence-corrected chi connectivity index (χ0v) is 8.59. The molecule has 2 nitrogen and oxygen atoms in total. The van der Waals surface area contributed by atoms with Gasteiger partial charge in [-0.3, -0.25) is 4.68 Å². The van der Waals surface area contributed by atoms with Crippen molar-refractivity contribution < 1.29 is 0 Å². The first-order chi connectivity index (χ1) is 5.66. The predicted molar refractivity (Wildman–Crippen MR) is 53.2 cm³/mol. The van der Waals surface area contributed by atoms with Gasteiger partial charge in [-0.15, -0.1) is 0 Å². The van der Waals surface area contributed by atoms with Crippen molar-refractivity contribution in [1.82, 2.24) is 9.78 Å². The van der Waals surface area contributed by atoms with E-state index in [1.54, 1.807) is 0 Å². The second kappa shape index (κ2) is 2.59. The van der Waals surface area contributed by atoms with E-state index in [1.165, 1.54) is 10.9 Å². The highest BCUT2D eigenvalue weighted by Gasteiger charge is 2.02. The third-order valence-corrected chi connectivity index (χ3v) is 2.43. The lowest BCUT2D eigenvalue weighted by atomic mass is 10.2. The molecule has 1 heterocycles. The summed E-state index contributed by atoms with van der Waals surface area (Å²) in [7, 11) is 1.93. The maximum absolute atomic E-state index is 4.32. The number of benzene rings is 1. The number of halogens is 1. The van der Waals surface area contributed by atoms with Crippen LogP contribution in [-0.4, -0.2) is 9.78 Å². The van der Waals surface area contributed by atoms with Gasteiger partial charge in [0.05, 0.1) is 0 Å². The molecule has 0 spiro atoms. The number of nitrogens with zero attached hydrogens (tertiary/aromatic N) is 2. The number of hydrogen-bond donors (Lipinski definition) is 0. The molecule has 0 aliphatic carbocycles. The Kier molecular flexibility index (Phi) is 1.68. The Balaban J connectivity index is 2.88. The summed E-state index contributed by atoms with van der Waals surface area (Å²) >= 11 is 3.49. The van der Waals surface area contributed by atoms with Crippen LogP contribution in [0.5, 0.6) is 0 Å². The fourth-order valence-electron chi connectivity index (χ4n) is 1.35. The van der Waals surface area contributed by atoms with Gasteiger partial charge in [-0.05, 0) is 40.5 Å². The monoisotopic (exact) mass is 224 g/mol. The van der Waals surface area contributed by atoms with Gasteiger partial charge in [0, 0.05) is 23.1 Å². The maximum atomic E-state index is 4.32. The van der Waals surface area contributed by atoms with Crippen LogP contribution in [0.1, 0.15) is 5.56 Å². The third kappa shape index (κ3) is 1.14. The highest BCUT2D eigenvalue weighted by molar-refractivity contribution is 9.10. The van der Waals surface area contributed by atoms with E-state index in [-0.39, 0.29) is 0 Å². The molecule has 0 N–H and O–H groups in total. The number of aryl methyl sites for hydroxylation is 2. The van der Waals surface area contributed by atoms with Crippen LogP contribution in [0.4, 0.5) is 0 Å². The SMILES string of the molecule is Cc1cc(Br)c2nn(C)cc2c1. The quantitative estimate of drug-likeness (QED) is 0.673. The maximum Gasteiger partial charge on any atom is 0.106 e. The van der Waals surface area contributed by atoms with Gasteiger partial charge in [-0.1, -0.05) is 0 Å². The average molecular weight is 225 g/mol. The van der Waals surface area contributed by atoms with Crippen molar-refractivity contribution in [1.29, 1.82) is 0 Å². The van der Waals surface area contributed by atoms with E-state index in [0.29, 0.717) is 0 Å².